The van der Waals surface area contributed by atoms with Gasteiger partial charge in [-0.15, -0.1) is 10.2 Å². The minimum Gasteiger partial charge on any atom is -0.377 e. The number of methoxy groups -OCH3 is 1. The third kappa shape index (κ3) is 4.32. The number of amides is 1. The van der Waals surface area contributed by atoms with Gasteiger partial charge in [0.1, 0.15) is 6.61 Å². The quantitative estimate of drug-likeness (QED) is 0.791. The van der Waals surface area contributed by atoms with E-state index in [1.165, 1.54) is 11.8 Å². The van der Waals surface area contributed by atoms with Gasteiger partial charge in [-0.2, -0.15) is 0 Å². The zero-order valence-electron chi connectivity index (χ0n) is 12.9. The molecule has 0 aliphatic carbocycles. The molecule has 0 radical (unpaired) electrons. The molecular weight excluding hydrogens is 300 g/mol. The second-order valence-electron chi connectivity index (χ2n) is 5.01. The number of benzene rings is 1. The van der Waals surface area contributed by atoms with Gasteiger partial charge in [-0.1, -0.05) is 30.0 Å². The van der Waals surface area contributed by atoms with Crippen LogP contribution in [0.3, 0.4) is 0 Å². The lowest BCUT2D eigenvalue weighted by atomic mass is 10.3. The molecule has 0 atom stereocenters. The van der Waals surface area contributed by atoms with E-state index in [1.807, 2.05) is 48.7 Å². The number of hydrogen-bond acceptors (Lipinski definition) is 5. The summed E-state index contributed by atoms with van der Waals surface area (Å²) < 4.78 is 7.08. The first kappa shape index (κ1) is 16.5. The zero-order chi connectivity index (χ0) is 15.9. The highest BCUT2D eigenvalue weighted by atomic mass is 32.2. The number of para-hydroxylation sites is 1. The van der Waals surface area contributed by atoms with Crippen molar-refractivity contribution in [3.05, 3.63) is 36.2 Å². The van der Waals surface area contributed by atoms with Crippen LogP contribution < -0.4 is 5.32 Å². The highest BCUT2D eigenvalue weighted by Gasteiger charge is 2.15. The Morgan fingerprint density at radius 3 is 2.68 bits per heavy atom. The summed E-state index contributed by atoms with van der Waals surface area (Å²) in [5, 5.41) is 11.9. The lowest BCUT2D eigenvalue weighted by Crippen LogP contribution is -2.31. The van der Waals surface area contributed by atoms with Crippen molar-refractivity contribution in [1.82, 2.24) is 20.1 Å². The average Bonchev–Trinajstić information content (AvgIpc) is 2.88. The fraction of sp³-hybridized carbons (Fsp3) is 0.400. The fourth-order valence-corrected chi connectivity index (χ4v) is 2.73. The monoisotopic (exact) mass is 320 g/mol. The minimum absolute atomic E-state index is 0.0177. The van der Waals surface area contributed by atoms with E-state index in [0.717, 1.165) is 5.69 Å². The summed E-state index contributed by atoms with van der Waals surface area (Å²) in [6.45, 7) is 4.23. The number of nitrogens with one attached hydrogen (secondary N) is 1. The first-order chi connectivity index (χ1) is 10.6. The van der Waals surface area contributed by atoms with Crippen LogP contribution in [0.5, 0.6) is 0 Å². The van der Waals surface area contributed by atoms with Crippen LogP contribution in [-0.2, 0) is 16.1 Å². The predicted octanol–water partition coefficient (Wildman–Crippen LogP) is 2.03. The Bertz CT molecular complexity index is 613. The normalized spacial score (nSPS) is 10.9. The first-order valence-electron chi connectivity index (χ1n) is 7.02. The maximum Gasteiger partial charge on any atom is 0.230 e. The summed E-state index contributed by atoms with van der Waals surface area (Å²) in [6, 6.07) is 9.93. The maximum atomic E-state index is 11.8. The van der Waals surface area contributed by atoms with Gasteiger partial charge in [0.25, 0.3) is 0 Å². The number of carbonyl (C=O) groups excluding carboxylic acids is 1. The number of aromatic nitrogens is 3. The highest BCUT2D eigenvalue weighted by molar-refractivity contribution is 7.99. The molecule has 1 aromatic heterocycles. The molecule has 1 N–H and O–H groups in total. The van der Waals surface area contributed by atoms with Crippen molar-refractivity contribution in [2.75, 3.05) is 12.9 Å². The third-order valence-electron chi connectivity index (χ3n) is 2.77. The largest absolute Gasteiger partial charge is 0.377 e. The number of hydrogen-bond donors (Lipinski definition) is 1. The second kappa shape index (κ2) is 7.95. The molecule has 1 aromatic carbocycles. The molecule has 0 unspecified atom stereocenters. The van der Waals surface area contributed by atoms with Crippen LogP contribution in [0.4, 0.5) is 0 Å². The van der Waals surface area contributed by atoms with Crippen molar-refractivity contribution in [2.45, 2.75) is 31.7 Å². The number of thioether (sulfide) groups is 1. The van der Waals surface area contributed by atoms with Crippen molar-refractivity contribution in [1.29, 1.82) is 0 Å². The lowest BCUT2D eigenvalue weighted by molar-refractivity contribution is -0.119. The van der Waals surface area contributed by atoms with E-state index in [2.05, 4.69) is 15.5 Å². The Kier molecular flexibility index (Phi) is 5.97. The summed E-state index contributed by atoms with van der Waals surface area (Å²) in [6.07, 6.45) is 0. The molecule has 118 valence electrons. The van der Waals surface area contributed by atoms with Gasteiger partial charge in [-0.25, -0.2) is 0 Å². The topological polar surface area (TPSA) is 69.0 Å². The molecule has 6 nitrogen and oxygen atoms in total. The van der Waals surface area contributed by atoms with Crippen LogP contribution in [0, 0.1) is 0 Å². The molecule has 2 rings (SSSR count). The molecule has 2 aromatic rings. The number of rotatable bonds is 7. The molecule has 0 spiro atoms. The van der Waals surface area contributed by atoms with Crippen molar-refractivity contribution in [3.8, 4) is 5.69 Å². The summed E-state index contributed by atoms with van der Waals surface area (Å²) in [5.41, 5.74) is 0.950. The summed E-state index contributed by atoms with van der Waals surface area (Å²) >= 11 is 1.36. The van der Waals surface area contributed by atoms with E-state index in [1.54, 1.807) is 7.11 Å². The van der Waals surface area contributed by atoms with Crippen LogP contribution in [-0.4, -0.2) is 39.6 Å². The minimum atomic E-state index is -0.0177. The van der Waals surface area contributed by atoms with E-state index >= 15 is 0 Å². The van der Waals surface area contributed by atoms with E-state index in [4.69, 9.17) is 4.74 Å². The van der Waals surface area contributed by atoms with Gasteiger partial charge in [-0.3, -0.25) is 9.36 Å². The number of ether oxygens (including phenoxy) is 1. The van der Waals surface area contributed by atoms with E-state index in [-0.39, 0.29) is 11.9 Å². The average molecular weight is 320 g/mol. The third-order valence-corrected chi connectivity index (χ3v) is 3.70. The molecule has 0 saturated heterocycles. The van der Waals surface area contributed by atoms with Gasteiger partial charge in [0.05, 0.1) is 5.75 Å². The Morgan fingerprint density at radius 1 is 1.32 bits per heavy atom. The highest BCUT2D eigenvalue weighted by Crippen LogP contribution is 2.22. The first-order valence-corrected chi connectivity index (χ1v) is 8.01. The lowest BCUT2D eigenvalue weighted by Gasteiger charge is -2.10. The summed E-state index contributed by atoms with van der Waals surface area (Å²) in [4.78, 5) is 11.8. The van der Waals surface area contributed by atoms with Crippen LogP contribution in [0.15, 0.2) is 35.5 Å². The summed E-state index contributed by atoms with van der Waals surface area (Å²) in [7, 11) is 1.62. The van der Waals surface area contributed by atoms with Crippen LogP contribution in [0.2, 0.25) is 0 Å². The van der Waals surface area contributed by atoms with E-state index in [9.17, 15) is 4.79 Å². The molecule has 0 fully saturated rings. The molecule has 1 heterocycles. The van der Waals surface area contributed by atoms with Gasteiger partial charge in [0.2, 0.25) is 5.91 Å². The van der Waals surface area contributed by atoms with E-state index < -0.39 is 0 Å². The van der Waals surface area contributed by atoms with Gasteiger partial charge >= 0.3 is 0 Å². The molecule has 7 heteroatoms. The molecule has 22 heavy (non-hydrogen) atoms. The second-order valence-corrected chi connectivity index (χ2v) is 5.96. The fourth-order valence-electron chi connectivity index (χ4n) is 1.95. The standard InChI is InChI=1S/C15H20N4O2S/c1-11(2)16-14(20)10-22-15-18-17-13(9-21-3)19(15)12-7-5-4-6-8-12/h4-8,11H,9-10H2,1-3H3,(H,16,20). The smallest absolute Gasteiger partial charge is 0.230 e. The molecular formula is C15H20N4O2S. The van der Waals surface area contributed by atoms with Crippen molar-refractivity contribution >= 4 is 17.7 Å². The van der Waals surface area contributed by atoms with Crippen molar-refractivity contribution in [2.24, 2.45) is 0 Å². The SMILES string of the molecule is COCc1nnc(SCC(=O)NC(C)C)n1-c1ccccc1. The Morgan fingerprint density at radius 2 is 2.05 bits per heavy atom. The van der Waals surface area contributed by atoms with Gasteiger partial charge in [0, 0.05) is 18.8 Å². The Balaban J connectivity index is 2.19. The molecule has 0 aliphatic heterocycles. The van der Waals surface area contributed by atoms with Crippen molar-refractivity contribution in [3.63, 3.8) is 0 Å². The molecule has 0 saturated carbocycles. The van der Waals surface area contributed by atoms with Crippen molar-refractivity contribution < 1.29 is 9.53 Å². The van der Waals surface area contributed by atoms with Crippen LogP contribution in [0.25, 0.3) is 5.69 Å². The van der Waals surface area contributed by atoms with Gasteiger partial charge < -0.3 is 10.1 Å². The van der Waals surface area contributed by atoms with Gasteiger partial charge in [0.15, 0.2) is 11.0 Å². The van der Waals surface area contributed by atoms with Crippen LogP contribution >= 0.6 is 11.8 Å². The molecule has 1 amide bonds. The van der Waals surface area contributed by atoms with Crippen LogP contribution in [0.1, 0.15) is 19.7 Å². The Hall–Kier alpha value is -1.86. The number of nitrogens with zero attached hydrogens (tertiary/aromatic N) is 3. The molecule has 0 aliphatic rings. The number of carbonyl (C=O) groups is 1. The van der Waals surface area contributed by atoms with Gasteiger partial charge in [-0.05, 0) is 26.0 Å². The zero-order valence-corrected chi connectivity index (χ0v) is 13.8. The van der Waals surface area contributed by atoms with E-state index in [0.29, 0.717) is 23.3 Å². The predicted molar refractivity (Wildman–Crippen MR) is 86.1 cm³/mol. The maximum absolute atomic E-state index is 11.8. The molecule has 0 bridgehead atoms. The Labute approximate surface area is 134 Å². The summed E-state index contributed by atoms with van der Waals surface area (Å²) in [5.74, 6) is 0.993.